The van der Waals surface area contributed by atoms with E-state index in [0.717, 1.165) is 30.0 Å². The van der Waals surface area contributed by atoms with Crippen molar-refractivity contribution in [2.24, 2.45) is 0 Å². The van der Waals surface area contributed by atoms with Crippen LogP contribution in [0.25, 0.3) is 0 Å². The summed E-state index contributed by atoms with van der Waals surface area (Å²) in [6, 6.07) is 7.82. The van der Waals surface area contributed by atoms with Gasteiger partial charge in [-0.25, -0.2) is 4.98 Å². The van der Waals surface area contributed by atoms with E-state index in [0.29, 0.717) is 5.69 Å². The highest BCUT2D eigenvalue weighted by Gasteiger charge is 2.32. The molecule has 0 spiro atoms. The molecule has 1 amide bonds. The number of hydrogen-bond acceptors (Lipinski definition) is 3. The number of likely N-dealkylation sites (tertiary alicyclic amines) is 1. The Labute approximate surface area is 120 Å². The highest BCUT2D eigenvalue weighted by Crippen LogP contribution is 2.36. The molecule has 19 heavy (non-hydrogen) atoms. The van der Waals surface area contributed by atoms with Crippen LogP contribution in [0.5, 0.6) is 0 Å². The molecule has 2 heterocycles. The monoisotopic (exact) mass is 292 g/mol. The molecule has 1 atom stereocenters. The third kappa shape index (κ3) is 2.38. The van der Waals surface area contributed by atoms with Gasteiger partial charge in [-0.15, -0.1) is 11.3 Å². The summed E-state index contributed by atoms with van der Waals surface area (Å²) < 4.78 is 0. The number of halogens is 1. The van der Waals surface area contributed by atoms with Crippen molar-refractivity contribution in [3.8, 4) is 0 Å². The molecule has 5 heteroatoms. The molecule has 1 fully saturated rings. The molecule has 1 aliphatic heterocycles. The van der Waals surface area contributed by atoms with Crippen molar-refractivity contribution in [3.63, 3.8) is 0 Å². The molecule has 1 unspecified atom stereocenters. The standard InChI is InChI=1S/C14H13ClN2OS/c15-11-5-2-1-4-10(11)13-6-3-7-17(13)14(18)12-8-19-9-16-12/h1-2,4-5,8-9,13H,3,6-7H2. The molecule has 1 aliphatic rings. The Kier molecular flexibility index (Phi) is 3.53. The molecule has 3 rings (SSSR count). The quantitative estimate of drug-likeness (QED) is 0.844. The molecule has 98 valence electrons. The van der Waals surface area contributed by atoms with Gasteiger partial charge in [-0.2, -0.15) is 0 Å². The molecule has 1 aromatic heterocycles. The summed E-state index contributed by atoms with van der Waals surface area (Å²) in [5, 5.41) is 2.52. The van der Waals surface area contributed by atoms with E-state index in [9.17, 15) is 4.79 Å². The molecule has 0 aliphatic carbocycles. The van der Waals surface area contributed by atoms with Gasteiger partial charge >= 0.3 is 0 Å². The van der Waals surface area contributed by atoms with Gasteiger partial charge in [-0.05, 0) is 24.5 Å². The van der Waals surface area contributed by atoms with Gasteiger partial charge in [0.1, 0.15) is 5.69 Å². The second-order valence-corrected chi connectivity index (χ2v) is 5.68. The average molecular weight is 293 g/mol. The zero-order valence-corrected chi connectivity index (χ0v) is 11.8. The van der Waals surface area contributed by atoms with Crippen molar-refractivity contribution < 1.29 is 4.79 Å². The first kappa shape index (κ1) is 12.6. The highest BCUT2D eigenvalue weighted by atomic mass is 35.5. The van der Waals surface area contributed by atoms with Gasteiger partial charge in [0.05, 0.1) is 11.6 Å². The molecule has 3 nitrogen and oxygen atoms in total. The summed E-state index contributed by atoms with van der Waals surface area (Å²) in [6.45, 7) is 0.770. The van der Waals surface area contributed by atoms with Gasteiger partial charge in [0.25, 0.3) is 5.91 Å². The Bertz CT molecular complexity index is 585. The largest absolute Gasteiger partial charge is 0.330 e. The van der Waals surface area contributed by atoms with Gasteiger partial charge < -0.3 is 4.90 Å². The first-order valence-electron chi connectivity index (χ1n) is 6.21. The van der Waals surface area contributed by atoms with E-state index in [1.165, 1.54) is 11.3 Å². The van der Waals surface area contributed by atoms with Crippen LogP contribution in [0.1, 0.15) is 34.9 Å². The number of rotatable bonds is 2. The SMILES string of the molecule is O=C(c1cscn1)N1CCCC1c1ccccc1Cl. The maximum Gasteiger partial charge on any atom is 0.273 e. The van der Waals surface area contributed by atoms with Crippen molar-refractivity contribution >= 4 is 28.8 Å². The predicted molar refractivity (Wildman–Crippen MR) is 76.6 cm³/mol. The van der Waals surface area contributed by atoms with Gasteiger partial charge in [0.2, 0.25) is 0 Å². The molecule has 1 saturated heterocycles. The van der Waals surface area contributed by atoms with Crippen LogP contribution >= 0.6 is 22.9 Å². The number of carbonyl (C=O) groups excluding carboxylic acids is 1. The lowest BCUT2D eigenvalue weighted by Gasteiger charge is -2.25. The second-order valence-electron chi connectivity index (χ2n) is 4.55. The number of hydrogen-bond donors (Lipinski definition) is 0. The van der Waals surface area contributed by atoms with E-state index in [-0.39, 0.29) is 11.9 Å². The number of carbonyl (C=O) groups is 1. The van der Waals surface area contributed by atoms with Crippen LogP contribution in [0.3, 0.4) is 0 Å². The number of nitrogens with zero attached hydrogens (tertiary/aromatic N) is 2. The molecule has 0 N–H and O–H groups in total. The minimum absolute atomic E-state index is 0.00340. The van der Waals surface area contributed by atoms with Crippen LogP contribution in [-0.4, -0.2) is 22.3 Å². The highest BCUT2D eigenvalue weighted by molar-refractivity contribution is 7.07. The first-order valence-corrected chi connectivity index (χ1v) is 7.53. The fraction of sp³-hybridized carbons (Fsp3) is 0.286. The van der Waals surface area contributed by atoms with Gasteiger partial charge in [-0.1, -0.05) is 29.8 Å². The Balaban J connectivity index is 1.90. The summed E-state index contributed by atoms with van der Waals surface area (Å²) in [7, 11) is 0. The summed E-state index contributed by atoms with van der Waals surface area (Å²) in [6.07, 6.45) is 1.96. The summed E-state index contributed by atoms with van der Waals surface area (Å²) >= 11 is 7.69. The Morgan fingerprint density at radius 2 is 2.26 bits per heavy atom. The Morgan fingerprint density at radius 3 is 3.00 bits per heavy atom. The molecular formula is C14H13ClN2OS. The predicted octanol–water partition coefficient (Wildman–Crippen LogP) is 3.77. The minimum atomic E-state index is 0.00340. The molecular weight excluding hydrogens is 280 g/mol. The van der Waals surface area contributed by atoms with E-state index in [1.807, 2.05) is 29.2 Å². The lowest BCUT2D eigenvalue weighted by Crippen LogP contribution is -2.30. The maximum atomic E-state index is 12.4. The van der Waals surface area contributed by atoms with Crippen molar-refractivity contribution in [1.82, 2.24) is 9.88 Å². The fourth-order valence-corrected chi connectivity index (χ4v) is 3.33. The van der Waals surface area contributed by atoms with E-state index >= 15 is 0 Å². The molecule has 0 bridgehead atoms. The van der Waals surface area contributed by atoms with Gasteiger partial charge in [0.15, 0.2) is 0 Å². The molecule has 1 aromatic carbocycles. The molecule has 2 aromatic rings. The maximum absolute atomic E-state index is 12.4. The number of amides is 1. The van der Waals surface area contributed by atoms with Crippen LogP contribution in [0.2, 0.25) is 5.02 Å². The zero-order chi connectivity index (χ0) is 13.2. The number of aromatic nitrogens is 1. The number of thiazole rings is 1. The summed E-state index contributed by atoms with van der Waals surface area (Å²) in [5.41, 5.74) is 3.25. The smallest absolute Gasteiger partial charge is 0.273 e. The minimum Gasteiger partial charge on any atom is -0.330 e. The normalized spacial score (nSPS) is 18.8. The summed E-state index contributed by atoms with van der Waals surface area (Å²) in [4.78, 5) is 18.4. The zero-order valence-electron chi connectivity index (χ0n) is 10.3. The van der Waals surface area contributed by atoms with E-state index in [4.69, 9.17) is 11.6 Å². The fourth-order valence-electron chi connectivity index (χ4n) is 2.54. The molecule has 0 saturated carbocycles. The van der Waals surface area contributed by atoms with Crippen LogP contribution in [-0.2, 0) is 0 Å². The van der Waals surface area contributed by atoms with E-state index in [1.54, 1.807) is 10.9 Å². The Hall–Kier alpha value is -1.39. The lowest BCUT2D eigenvalue weighted by molar-refractivity contribution is 0.0730. The lowest BCUT2D eigenvalue weighted by atomic mass is 10.0. The third-order valence-corrected chi connectivity index (χ3v) is 4.36. The van der Waals surface area contributed by atoms with Crippen LogP contribution < -0.4 is 0 Å². The van der Waals surface area contributed by atoms with Crippen molar-refractivity contribution in [3.05, 3.63) is 51.4 Å². The average Bonchev–Trinajstić information content (AvgIpc) is 3.10. The van der Waals surface area contributed by atoms with Crippen LogP contribution in [0, 0.1) is 0 Å². The van der Waals surface area contributed by atoms with Crippen molar-refractivity contribution in [2.45, 2.75) is 18.9 Å². The van der Waals surface area contributed by atoms with Crippen LogP contribution in [0.4, 0.5) is 0 Å². The summed E-state index contributed by atoms with van der Waals surface area (Å²) in [5.74, 6) is 0.00340. The van der Waals surface area contributed by atoms with E-state index < -0.39 is 0 Å². The van der Waals surface area contributed by atoms with Crippen molar-refractivity contribution in [1.29, 1.82) is 0 Å². The van der Waals surface area contributed by atoms with Crippen molar-refractivity contribution in [2.75, 3.05) is 6.54 Å². The number of benzene rings is 1. The third-order valence-electron chi connectivity index (χ3n) is 3.43. The first-order chi connectivity index (χ1) is 9.27. The van der Waals surface area contributed by atoms with Crippen LogP contribution in [0.15, 0.2) is 35.2 Å². The molecule has 0 radical (unpaired) electrons. The van der Waals surface area contributed by atoms with Gasteiger partial charge in [0, 0.05) is 16.9 Å². The Morgan fingerprint density at radius 1 is 1.42 bits per heavy atom. The topological polar surface area (TPSA) is 33.2 Å². The second kappa shape index (κ2) is 5.31. The van der Waals surface area contributed by atoms with Gasteiger partial charge in [-0.3, -0.25) is 4.79 Å². The van der Waals surface area contributed by atoms with E-state index in [2.05, 4.69) is 4.98 Å².